The Balaban J connectivity index is 2.24. The van der Waals surface area contributed by atoms with Gasteiger partial charge in [-0.2, -0.15) is 0 Å². The largest absolute Gasteiger partial charge is 0.354 e. The van der Waals surface area contributed by atoms with Crippen molar-refractivity contribution in [1.82, 2.24) is 10.2 Å². The van der Waals surface area contributed by atoms with Gasteiger partial charge in [0.05, 0.1) is 6.54 Å². The van der Waals surface area contributed by atoms with Gasteiger partial charge in [0.25, 0.3) is 5.91 Å². The molecule has 18 heavy (non-hydrogen) atoms. The molecule has 96 valence electrons. The lowest BCUT2D eigenvalue weighted by Gasteiger charge is -2.20. The zero-order chi connectivity index (χ0) is 13.1. The van der Waals surface area contributed by atoms with Crippen molar-refractivity contribution in [3.05, 3.63) is 34.9 Å². The van der Waals surface area contributed by atoms with Gasteiger partial charge in [0.1, 0.15) is 0 Å². The molecule has 0 unspecified atom stereocenters. The minimum atomic E-state index is -0.0776. The smallest absolute Gasteiger partial charge is 0.254 e. The highest BCUT2D eigenvalue weighted by Crippen LogP contribution is 2.15. The number of hydrogen-bond donors (Lipinski definition) is 1. The van der Waals surface area contributed by atoms with Crippen LogP contribution in [0.2, 0.25) is 0 Å². The molecule has 1 saturated heterocycles. The summed E-state index contributed by atoms with van der Waals surface area (Å²) in [6.45, 7) is 5.37. The van der Waals surface area contributed by atoms with Crippen LogP contribution in [0.4, 0.5) is 0 Å². The van der Waals surface area contributed by atoms with Crippen LogP contribution in [-0.4, -0.2) is 36.3 Å². The van der Waals surface area contributed by atoms with Crippen molar-refractivity contribution in [2.45, 2.75) is 20.3 Å². The Morgan fingerprint density at radius 3 is 2.89 bits per heavy atom. The molecule has 4 heteroatoms. The van der Waals surface area contributed by atoms with Gasteiger partial charge in [-0.25, -0.2) is 0 Å². The van der Waals surface area contributed by atoms with Crippen molar-refractivity contribution in [1.29, 1.82) is 0 Å². The van der Waals surface area contributed by atoms with Gasteiger partial charge in [-0.1, -0.05) is 12.1 Å². The van der Waals surface area contributed by atoms with Gasteiger partial charge in [0.15, 0.2) is 0 Å². The molecule has 0 atom stereocenters. The normalized spacial score (nSPS) is 16.1. The van der Waals surface area contributed by atoms with Crippen LogP contribution in [0.25, 0.3) is 0 Å². The van der Waals surface area contributed by atoms with Gasteiger partial charge in [0, 0.05) is 18.7 Å². The number of rotatable bonds is 1. The third-order valence-corrected chi connectivity index (χ3v) is 3.38. The number of carbonyl (C=O) groups excluding carboxylic acids is 2. The second-order valence-corrected chi connectivity index (χ2v) is 4.68. The molecule has 1 aromatic rings. The summed E-state index contributed by atoms with van der Waals surface area (Å²) in [5.74, 6) is -0.126. The molecule has 1 heterocycles. The van der Waals surface area contributed by atoms with Gasteiger partial charge in [0.2, 0.25) is 5.91 Å². The molecule has 2 rings (SSSR count). The van der Waals surface area contributed by atoms with Crippen LogP contribution >= 0.6 is 0 Å². The van der Waals surface area contributed by atoms with Crippen LogP contribution in [0.1, 0.15) is 27.9 Å². The van der Waals surface area contributed by atoms with Crippen LogP contribution in [-0.2, 0) is 4.79 Å². The molecule has 1 aliphatic rings. The molecular weight excluding hydrogens is 228 g/mol. The van der Waals surface area contributed by atoms with E-state index in [4.69, 9.17) is 0 Å². The number of nitrogens with one attached hydrogen (secondary N) is 1. The second kappa shape index (κ2) is 5.21. The molecule has 0 bridgehead atoms. The van der Waals surface area contributed by atoms with Crippen LogP contribution < -0.4 is 5.32 Å². The number of nitrogens with zero attached hydrogens (tertiary/aromatic N) is 1. The minimum absolute atomic E-state index is 0.0479. The maximum atomic E-state index is 12.4. The summed E-state index contributed by atoms with van der Waals surface area (Å²) in [5, 5.41) is 2.77. The lowest BCUT2D eigenvalue weighted by molar-refractivity contribution is -0.121. The molecule has 1 N–H and O–H groups in total. The van der Waals surface area contributed by atoms with Crippen molar-refractivity contribution < 1.29 is 9.59 Å². The van der Waals surface area contributed by atoms with Gasteiger partial charge in [-0.05, 0) is 37.5 Å². The summed E-state index contributed by atoms with van der Waals surface area (Å²) in [7, 11) is 0. The predicted octanol–water partition coefficient (Wildman–Crippen LogP) is 1.27. The third kappa shape index (κ3) is 2.53. The van der Waals surface area contributed by atoms with Crippen LogP contribution in [0.5, 0.6) is 0 Å². The lowest BCUT2D eigenvalue weighted by atomic mass is 10.0. The molecule has 1 fully saturated rings. The van der Waals surface area contributed by atoms with Gasteiger partial charge < -0.3 is 10.2 Å². The Hall–Kier alpha value is -1.84. The molecule has 0 saturated carbocycles. The van der Waals surface area contributed by atoms with Crippen LogP contribution in [0.15, 0.2) is 18.2 Å². The van der Waals surface area contributed by atoms with E-state index in [-0.39, 0.29) is 18.4 Å². The summed E-state index contributed by atoms with van der Waals surface area (Å²) < 4.78 is 0. The molecule has 2 amide bonds. The zero-order valence-corrected chi connectivity index (χ0v) is 10.8. The van der Waals surface area contributed by atoms with E-state index in [0.29, 0.717) is 18.7 Å². The summed E-state index contributed by atoms with van der Waals surface area (Å²) in [4.78, 5) is 25.5. The fraction of sp³-hybridized carbons (Fsp3) is 0.429. The average molecular weight is 246 g/mol. The van der Waals surface area contributed by atoms with Crippen LogP contribution in [0, 0.1) is 13.8 Å². The maximum absolute atomic E-state index is 12.4. The molecule has 0 spiro atoms. The fourth-order valence-electron chi connectivity index (χ4n) is 2.13. The number of carbonyl (C=O) groups is 2. The first-order chi connectivity index (χ1) is 8.59. The van der Waals surface area contributed by atoms with E-state index in [1.807, 2.05) is 32.0 Å². The van der Waals surface area contributed by atoms with Gasteiger partial charge in [-0.3, -0.25) is 9.59 Å². The first-order valence-corrected chi connectivity index (χ1v) is 6.22. The number of aryl methyl sites for hydroxylation is 1. The second-order valence-electron chi connectivity index (χ2n) is 4.68. The molecule has 4 nitrogen and oxygen atoms in total. The third-order valence-electron chi connectivity index (χ3n) is 3.38. The predicted molar refractivity (Wildman–Crippen MR) is 69.4 cm³/mol. The minimum Gasteiger partial charge on any atom is -0.354 e. The van der Waals surface area contributed by atoms with Crippen molar-refractivity contribution >= 4 is 11.8 Å². The molecule has 0 radical (unpaired) electrons. The van der Waals surface area contributed by atoms with E-state index in [1.165, 1.54) is 0 Å². The highest BCUT2D eigenvalue weighted by atomic mass is 16.2. The fourth-order valence-corrected chi connectivity index (χ4v) is 2.13. The van der Waals surface area contributed by atoms with E-state index < -0.39 is 0 Å². The maximum Gasteiger partial charge on any atom is 0.254 e. The Bertz CT molecular complexity index is 483. The molecule has 0 aliphatic carbocycles. The Morgan fingerprint density at radius 2 is 2.11 bits per heavy atom. The van der Waals surface area contributed by atoms with Crippen molar-refractivity contribution in [2.24, 2.45) is 0 Å². The quantitative estimate of drug-likeness (QED) is 0.811. The number of benzene rings is 1. The Morgan fingerprint density at radius 1 is 1.33 bits per heavy atom. The summed E-state index contributed by atoms with van der Waals surface area (Å²) in [5.41, 5.74) is 2.79. The summed E-state index contributed by atoms with van der Waals surface area (Å²) in [6.07, 6.45) is 0.808. The van der Waals surface area contributed by atoms with E-state index in [1.54, 1.807) is 4.90 Å². The molecule has 1 aliphatic heterocycles. The highest BCUT2D eigenvalue weighted by molar-refractivity contribution is 5.98. The standard InChI is InChI=1S/C14H18N2O2/c1-10-5-3-6-12(11(10)2)14(18)16-8-4-7-15-13(17)9-16/h3,5-6H,4,7-9H2,1-2H3,(H,15,17). The average Bonchev–Trinajstić information content (AvgIpc) is 2.56. The lowest BCUT2D eigenvalue weighted by Crippen LogP contribution is -2.37. The van der Waals surface area contributed by atoms with Crippen molar-refractivity contribution in [3.8, 4) is 0 Å². The van der Waals surface area contributed by atoms with Crippen molar-refractivity contribution in [3.63, 3.8) is 0 Å². The van der Waals surface area contributed by atoms with E-state index >= 15 is 0 Å². The zero-order valence-electron chi connectivity index (χ0n) is 10.8. The van der Waals surface area contributed by atoms with Crippen LogP contribution in [0.3, 0.4) is 0 Å². The first-order valence-electron chi connectivity index (χ1n) is 6.22. The highest BCUT2D eigenvalue weighted by Gasteiger charge is 2.22. The van der Waals surface area contributed by atoms with Gasteiger partial charge >= 0.3 is 0 Å². The summed E-state index contributed by atoms with van der Waals surface area (Å²) in [6, 6.07) is 5.70. The Kier molecular flexibility index (Phi) is 3.65. The topological polar surface area (TPSA) is 49.4 Å². The molecular formula is C14H18N2O2. The van der Waals surface area contributed by atoms with Crippen molar-refractivity contribution in [2.75, 3.05) is 19.6 Å². The number of amides is 2. The SMILES string of the molecule is Cc1cccc(C(=O)N2CCCNC(=O)C2)c1C. The van der Waals surface area contributed by atoms with E-state index in [0.717, 1.165) is 17.5 Å². The molecule has 1 aromatic carbocycles. The Labute approximate surface area is 107 Å². The van der Waals surface area contributed by atoms with E-state index in [2.05, 4.69) is 5.32 Å². The molecule has 0 aromatic heterocycles. The number of hydrogen-bond acceptors (Lipinski definition) is 2. The first kappa shape index (κ1) is 12.6. The monoisotopic (exact) mass is 246 g/mol. The van der Waals surface area contributed by atoms with E-state index in [9.17, 15) is 9.59 Å². The summed E-state index contributed by atoms with van der Waals surface area (Å²) >= 11 is 0. The van der Waals surface area contributed by atoms with Gasteiger partial charge in [-0.15, -0.1) is 0 Å².